The van der Waals surface area contributed by atoms with E-state index in [1.807, 2.05) is 30.3 Å². The van der Waals surface area contributed by atoms with E-state index in [0.717, 1.165) is 18.1 Å². The van der Waals surface area contributed by atoms with Crippen molar-refractivity contribution in [2.45, 2.75) is 9.22 Å². The van der Waals surface area contributed by atoms with E-state index in [-0.39, 0.29) is 4.90 Å². The van der Waals surface area contributed by atoms with Gasteiger partial charge in [0.15, 0.2) is 9.84 Å². The zero-order chi connectivity index (χ0) is 14.8. The van der Waals surface area contributed by atoms with Gasteiger partial charge in [0, 0.05) is 6.26 Å². The highest BCUT2D eigenvalue weighted by atomic mass is 79.9. The summed E-state index contributed by atoms with van der Waals surface area (Å²) in [7, 11) is -3.24. The summed E-state index contributed by atoms with van der Waals surface area (Å²) in [6.07, 6.45) is 1.96. The number of hydrogen-bond donors (Lipinski definition) is 0. The number of sulfone groups is 1. The Morgan fingerprint density at radius 1 is 0.950 bits per heavy atom. The molecule has 0 radical (unpaired) electrons. The first-order valence-electron chi connectivity index (χ1n) is 5.89. The molecule has 5 heteroatoms. The molecular formula is C15H13BrO3S. The predicted octanol–water partition coefficient (Wildman–Crippen LogP) is 2.93. The average Bonchev–Trinajstić information content (AvgIpc) is 2.46. The molecule has 3 nitrogen and oxygen atoms in total. The van der Waals surface area contributed by atoms with E-state index in [2.05, 4.69) is 15.9 Å². The molecule has 0 aliphatic carbocycles. The van der Waals surface area contributed by atoms with Crippen molar-refractivity contribution in [1.82, 2.24) is 0 Å². The van der Waals surface area contributed by atoms with Gasteiger partial charge in [-0.15, -0.1) is 0 Å². The maximum atomic E-state index is 11.5. The van der Waals surface area contributed by atoms with E-state index in [1.165, 1.54) is 12.1 Å². The lowest BCUT2D eigenvalue weighted by molar-refractivity contribution is -0.109. The fourth-order valence-corrected chi connectivity index (χ4v) is 3.09. The Labute approximate surface area is 126 Å². The van der Waals surface area contributed by atoms with Gasteiger partial charge >= 0.3 is 0 Å². The zero-order valence-corrected chi connectivity index (χ0v) is 13.2. The second kappa shape index (κ2) is 5.50. The van der Waals surface area contributed by atoms with Gasteiger partial charge in [0.2, 0.25) is 0 Å². The summed E-state index contributed by atoms with van der Waals surface area (Å²) < 4.78 is 21.9. The van der Waals surface area contributed by atoms with E-state index in [0.29, 0.717) is 5.56 Å². The molecule has 2 rings (SSSR count). The van der Waals surface area contributed by atoms with Crippen LogP contribution in [0.25, 0.3) is 0 Å². The first-order chi connectivity index (χ1) is 9.38. The minimum absolute atomic E-state index is 0.232. The Bertz CT molecular complexity index is 709. The molecule has 0 saturated heterocycles. The number of halogens is 1. The second-order valence-corrected chi connectivity index (χ2v) is 7.76. The van der Waals surface area contributed by atoms with Crippen molar-refractivity contribution in [3.63, 3.8) is 0 Å². The van der Waals surface area contributed by atoms with Crippen molar-refractivity contribution in [1.29, 1.82) is 0 Å². The Balaban J connectivity index is 2.51. The number of benzene rings is 2. The molecule has 0 aromatic heterocycles. The summed E-state index contributed by atoms with van der Waals surface area (Å²) in [6, 6.07) is 15.6. The number of hydrogen-bond acceptors (Lipinski definition) is 3. The molecule has 0 N–H and O–H groups in total. The van der Waals surface area contributed by atoms with Gasteiger partial charge in [-0.3, -0.25) is 0 Å². The highest BCUT2D eigenvalue weighted by molar-refractivity contribution is 9.10. The van der Waals surface area contributed by atoms with Gasteiger partial charge in [-0.2, -0.15) is 0 Å². The summed E-state index contributed by atoms with van der Waals surface area (Å²) in [5.74, 6) is 0. The van der Waals surface area contributed by atoms with Crippen LogP contribution in [0.15, 0.2) is 59.5 Å². The summed E-state index contributed by atoms with van der Waals surface area (Å²) in [5, 5.41) is 0. The zero-order valence-electron chi connectivity index (χ0n) is 10.8. The largest absolute Gasteiger partial charge is 0.301 e. The molecule has 1 unspecified atom stereocenters. The van der Waals surface area contributed by atoms with Crippen LogP contribution in [0.2, 0.25) is 0 Å². The van der Waals surface area contributed by atoms with Crippen LogP contribution in [0.4, 0.5) is 0 Å². The maximum Gasteiger partial charge on any atom is 0.175 e. The van der Waals surface area contributed by atoms with Gasteiger partial charge in [0.1, 0.15) is 10.6 Å². The van der Waals surface area contributed by atoms with Crippen molar-refractivity contribution in [3.8, 4) is 0 Å². The van der Waals surface area contributed by atoms with Gasteiger partial charge in [0.05, 0.1) is 4.90 Å². The smallest absolute Gasteiger partial charge is 0.175 e. The number of rotatable bonds is 4. The van der Waals surface area contributed by atoms with Crippen LogP contribution < -0.4 is 0 Å². The third-order valence-corrected chi connectivity index (χ3v) is 5.29. The third-order valence-electron chi connectivity index (χ3n) is 3.06. The van der Waals surface area contributed by atoms with Crippen LogP contribution in [0.5, 0.6) is 0 Å². The summed E-state index contributed by atoms with van der Waals surface area (Å²) in [4.78, 5) is 11.8. The van der Waals surface area contributed by atoms with Gasteiger partial charge < -0.3 is 4.79 Å². The molecular weight excluding hydrogens is 340 g/mol. The highest BCUT2D eigenvalue weighted by Gasteiger charge is 2.30. The molecule has 0 bridgehead atoms. The Kier molecular flexibility index (Phi) is 4.11. The molecule has 20 heavy (non-hydrogen) atoms. The molecule has 0 fully saturated rings. The molecule has 2 aromatic rings. The minimum Gasteiger partial charge on any atom is -0.301 e. The monoisotopic (exact) mass is 352 g/mol. The number of carbonyl (C=O) groups is 1. The maximum absolute atomic E-state index is 11.5. The van der Waals surface area contributed by atoms with Crippen molar-refractivity contribution >= 4 is 32.1 Å². The summed E-state index contributed by atoms with van der Waals surface area (Å²) in [5.41, 5.74) is 1.48. The summed E-state index contributed by atoms with van der Waals surface area (Å²) in [6.45, 7) is 0. The lowest BCUT2D eigenvalue weighted by Crippen LogP contribution is -2.21. The first kappa shape index (κ1) is 14.9. The van der Waals surface area contributed by atoms with E-state index in [9.17, 15) is 13.2 Å². The quantitative estimate of drug-likeness (QED) is 0.627. The van der Waals surface area contributed by atoms with Crippen LogP contribution >= 0.6 is 15.9 Å². The molecule has 0 aliphatic heterocycles. The van der Waals surface area contributed by atoms with Crippen molar-refractivity contribution in [3.05, 3.63) is 65.7 Å². The molecule has 0 saturated carbocycles. The van der Waals surface area contributed by atoms with Crippen LogP contribution in [0.3, 0.4) is 0 Å². The van der Waals surface area contributed by atoms with Crippen LogP contribution in [-0.4, -0.2) is 21.0 Å². The van der Waals surface area contributed by atoms with Crippen molar-refractivity contribution in [2.24, 2.45) is 0 Å². The third kappa shape index (κ3) is 2.83. The van der Waals surface area contributed by atoms with Crippen LogP contribution in [-0.2, 0) is 19.0 Å². The molecule has 0 spiro atoms. The normalized spacial score (nSPS) is 14.5. The molecule has 104 valence electrons. The highest BCUT2D eigenvalue weighted by Crippen LogP contribution is 2.36. The standard InChI is InChI=1S/C15H13BrO3S/c1-20(18,19)14-9-7-13(8-10-14)15(16,11-17)12-5-3-2-4-6-12/h2-11H,1H3. The molecule has 0 aliphatic rings. The molecule has 1 atom stereocenters. The van der Waals surface area contributed by atoms with E-state index in [1.54, 1.807) is 12.1 Å². The van der Waals surface area contributed by atoms with E-state index in [4.69, 9.17) is 0 Å². The second-order valence-electron chi connectivity index (χ2n) is 4.49. The van der Waals surface area contributed by atoms with Crippen molar-refractivity contribution < 1.29 is 13.2 Å². The number of carbonyl (C=O) groups excluding carboxylic acids is 1. The Morgan fingerprint density at radius 3 is 1.90 bits per heavy atom. The van der Waals surface area contributed by atoms with Gasteiger partial charge in [-0.25, -0.2) is 8.42 Å². The van der Waals surface area contributed by atoms with Gasteiger partial charge in [-0.1, -0.05) is 58.4 Å². The number of aldehydes is 1. The topological polar surface area (TPSA) is 51.2 Å². The molecule has 2 aromatic carbocycles. The number of alkyl halides is 1. The predicted molar refractivity (Wildman–Crippen MR) is 81.8 cm³/mol. The van der Waals surface area contributed by atoms with Crippen LogP contribution in [0.1, 0.15) is 11.1 Å². The molecule has 0 amide bonds. The fraction of sp³-hybridized carbons (Fsp3) is 0.133. The van der Waals surface area contributed by atoms with Crippen LogP contribution in [0, 0.1) is 0 Å². The Hall–Kier alpha value is -1.46. The Morgan fingerprint density at radius 2 is 1.45 bits per heavy atom. The lowest BCUT2D eigenvalue weighted by atomic mass is 9.92. The first-order valence-corrected chi connectivity index (χ1v) is 8.58. The SMILES string of the molecule is CS(=O)(=O)c1ccc(C(Br)(C=O)c2ccccc2)cc1. The van der Waals surface area contributed by atoms with Gasteiger partial charge in [-0.05, 0) is 23.3 Å². The van der Waals surface area contributed by atoms with Gasteiger partial charge in [0.25, 0.3) is 0 Å². The lowest BCUT2D eigenvalue weighted by Gasteiger charge is -2.22. The fourth-order valence-electron chi connectivity index (χ4n) is 1.93. The van der Waals surface area contributed by atoms with E-state index >= 15 is 0 Å². The summed E-state index contributed by atoms with van der Waals surface area (Å²) >= 11 is 3.46. The van der Waals surface area contributed by atoms with Crippen molar-refractivity contribution in [2.75, 3.05) is 6.26 Å². The molecule has 0 heterocycles. The van der Waals surface area contributed by atoms with E-state index < -0.39 is 14.2 Å². The minimum atomic E-state index is -3.24. The average molecular weight is 353 g/mol.